The van der Waals surface area contributed by atoms with Crippen LogP contribution in [-0.4, -0.2) is 13.7 Å². The van der Waals surface area contributed by atoms with Crippen LogP contribution in [0.4, 0.5) is 0 Å². The number of benzene rings is 1. The zero-order valence-electron chi connectivity index (χ0n) is 10.2. The van der Waals surface area contributed by atoms with Crippen LogP contribution in [-0.2, 0) is 5.54 Å². The second-order valence-electron chi connectivity index (χ2n) is 4.84. The molecule has 0 bridgehead atoms. The lowest BCUT2D eigenvalue weighted by Crippen LogP contribution is -2.33. The molecule has 0 aliphatic carbocycles. The molecular weight excluding hydrogens is 230 g/mol. The number of thiophene rings is 1. The monoisotopic (exact) mass is 247 g/mol. The van der Waals surface area contributed by atoms with Gasteiger partial charge in [-0.1, -0.05) is 6.07 Å². The Bertz CT molecular complexity index is 540. The highest BCUT2D eigenvalue weighted by Gasteiger charge is 2.31. The first-order chi connectivity index (χ1) is 8.24. The van der Waals surface area contributed by atoms with Gasteiger partial charge >= 0.3 is 0 Å². The number of fused-ring (bicyclic) bond motifs is 1. The number of ether oxygens (including phenoxy) is 1. The highest BCUT2D eigenvalue weighted by atomic mass is 32.1. The Morgan fingerprint density at radius 3 is 2.94 bits per heavy atom. The molecule has 1 aromatic carbocycles. The lowest BCUT2D eigenvalue weighted by Gasteiger charge is -2.26. The number of nitrogens with one attached hydrogen (secondary N) is 1. The topological polar surface area (TPSA) is 21.3 Å². The van der Waals surface area contributed by atoms with Crippen LogP contribution in [0, 0.1) is 0 Å². The van der Waals surface area contributed by atoms with Crippen LogP contribution in [0.25, 0.3) is 10.1 Å². The average molecular weight is 247 g/mol. The number of hydrogen-bond donors (Lipinski definition) is 1. The molecule has 2 nitrogen and oxygen atoms in total. The van der Waals surface area contributed by atoms with Crippen molar-refractivity contribution in [3.63, 3.8) is 0 Å². The van der Waals surface area contributed by atoms with Crippen LogP contribution >= 0.6 is 11.3 Å². The summed E-state index contributed by atoms with van der Waals surface area (Å²) in [6, 6.07) is 6.52. The first-order valence-corrected chi connectivity index (χ1v) is 6.92. The Morgan fingerprint density at radius 2 is 2.24 bits per heavy atom. The molecule has 17 heavy (non-hydrogen) atoms. The molecular formula is C14H17NOS. The van der Waals surface area contributed by atoms with Crippen molar-refractivity contribution in [3.8, 4) is 5.75 Å². The van der Waals surface area contributed by atoms with Crippen LogP contribution in [0.5, 0.6) is 5.75 Å². The quantitative estimate of drug-likeness (QED) is 0.877. The normalized spacial score (nSPS) is 24.4. The summed E-state index contributed by atoms with van der Waals surface area (Å²) in [5.74, 6) is 0.986. The molecule has 0 spiro atoms. The fourth-order valence-corrected chi connectivity index (χ4v) is 3.72. The predicted octanol–water partition coefficient (Wildman–Crippen LogP) is 3.51. The molecule has 3 rings (SSSR count). The van der Waals surface area contributed by atoms with Crippen molar-refractivity contribution in [2.75, 3.05) is 13.7 Å². The van der Waals surface area contributed by atoms with Crippen molar-refractivity contribution < 1.29 is 4.74 Å². The molecule has 0 amide bonds. The molecule has 2 aromatic rings. The molecule has 90 valence electrons. The molecule has 1 atom stereocenters. The summed E-state index contributed by atoms with van der Waals surface area (Å²) in [6.45, 7) is 3.42. The zero-order valence-corrected chi connectivity index (χ0v) is 11.1. The summed E-state index contributed by atoms with van der Waals surface area (Å²) in [7, 11) is 1.74. The smallest absolute Gasteiger partial charge is 0.136 e. The van der Waals surface area contributed by atoms with E-state index in [2.05, 4.69) is 35.8 Å². The van der Waals surface area contributed by atoms with Gasteiger partial charge in [-0.25, -0.2) is 0 Å². The van der Waals surface area contributed by atoms with Gasteiger partial charge in [0.25, 0.3) is 0 Å². The maximum Gasteiger partial charge on any atom is 0.136 e. The van der Waals surface area contributed by atoms with Gasteiger partial charge in [-0.3, -0.25) is 0 Å². The van der Waals surface area contributed by atoms with E-state index in [0.717, 1.165) is 12.3 Å². The summed E-state index contributed by atoms with van der Waals surface area (Å²) >= 11 is 1.76. The Morgan fingerprint density at radius 1 is 1.35 bits per heavy atom. The predicted molar refractivity (Wildman–Crippen MR) is 73.0 cm³/mol. The maximum absolute atomic E-state index is 5.43. The van der Waals surface area contributed by atoms with Gasteiger partial charge in [-0.05, 0) is 49.4 Å². The van der Waals surface area contributed by atoms with E-state index >= 15 is 0 Å². The highest BCUT2D eigenvalue weighted by Crippen LogP contribution is 2.40. The molecule has 2 heterocycles. The Balaban J connectivity index is 2.20. The molecule has 1 aromatic heterocycles. The Labute approximate surface area is 106 Å². The van der Waals surface area contributed by atoms with Crippen LogP contribution in [0.3, 0.4) is 0 Å². The Kier molecular flexibility index (Phi) is 2.60. The average Bonchev–Trinajstić information content (AvgIpc) is 2.96. The van der Waals surface area contributed by atoms with E-state index < -0.39 is 0 Å². The molecule has 1 N–H and O–H groups in total. The Hall–Kier alpha value is -1.06. The zero-order chi connectivity index (χ0) is 11.9. The lowest BCUT2D eigenvalue weighted by atomic mass is 9.88. The van der Waals surface area contributed by atoms with Crippen LogP contribution in [0.2, 0.25) is 0 Å². The molecule has 1 aliphatic heterocycles. The molecule has 3 heteroatoms. The summed E-state index contributed by atoms with van der Waals surface area (Å²) in [4.78, 5) is 0. The van der Waals surface area contributed by atoms with Crippen molar-refractivity contribution in [1.82, 2.24) is 5.32 Å². The molecule has 0 saturated carbocycles. The molecule has 1 fully saturated rings. The van der Waals surface area contributed by atoms with Gasteiger partial charge in [-0.2, -0.15) is 0 Å². The first kappa shape index (κ1) is 11.1. The van der Waals surface area contributed by atoms with E-state index in [1.54, 1.807) is 18.4 Å². The number of rotatable bonds is 2. The van der Waals surface area contributed by atoms with E-state index in [1.165, 1.54) is 28.5 Å². The number of methoxy groups -OCH3 is 1. The lowest BCUT2D eigenvalue weighted by molar-refractivity contribution is 0.417. The minimum atomic E-state index is 0.131. The van der Waals surface area contributed by atoms with Gasteiger partial charge in [0, 0.05) is 10.9 Å². The SMILES string of the molecule is COc1ccc(C2(C)CCCN2)c2ccsc12. The van der Waals surface area contributed by atoms with E-state index in [4.69, 9.17) is 4.74 Å². The van der Waals surface area contributed by atoms with Crippen LogP contribution in [0.1, 0.15) is 25.3 Å². The highest BCUT2D eigenvalue weighted by molar-refractivity contribution is 7.17. The molecule has 1 saturated heterocycles. The van der Waals surface area contributed by atoms with Crippen molar-refractivity contribution in [3.05, 3.63) is 29.1 Å². The minimum Gasteiger partial charge on any atom is -0.495 e. The third-order valence-electron chi connectivity index (χ3n) is 3.76. The van der Waals surface area contributed by atoms with Gasteiger partial charge < -0.3 is 10.1 Å². The van der Waals surface area contributed by atoms with Crippen molar-refractivity contribution in [2.24, 2.45) is 0 Å². The van der Waals surface area contributed by atoms with Gasteiger partial charge in [0.1, 0.15) is 5.75 Å². The van der Waals surface area contributed by atoms with Crippen molar-refractivity contribution in [1.29, 1.82) is 0 Å². The molecule has 1 aliphatic rings. The summed E-state index contributed by atoms with van der Waals surface area (Å²) < 4.78 is 6.69. The molecule has 1 unspecified atom stereocenters. The fraction of sp³-hybridized carbons (Fsp3) is 0.429. The van der Waals surface area contributed by atoms with Gasteiger partial charge in [0.2, 0.25) is 0 Å². The second-order valence-corrected chi connectivity index (χ2v) is 5.76. The summed E-state index contributed by atoms with van der Waals surface area (Å²) in [5, 5.41) is 7.12. The van der Waals surface area contributed by atoms with E-state index in [9.17, 15) is 0 Å². The van der Waals surface area contributed by atoms with Gasteiger partial charge in [-0.15, -0.1) is 11.3 Å². The summed E-state index contributed by atoms with van der Waals surface area (Å²) in [5.41, 5.74) is 1.54. The maximum atomic E-state index is 5.43. The molecule has 0 radical (unpaired) electrons. The largest absolute Gasteiger partial charge is 0.495 e. The fourth-order valence-electron chi connectivity index (χ4n) is 2.80. The van der Waals surface area contributed by atoms with Gasteiger partial charge in [0.05, 0.1) is 11.8 Å². The second kappa shape index (κ2) is 4.00. The van der Waals surface area contributed by atoms with Crippen molar-refractivity contribution in [2.45, 2.75) is 25.3 Å². The summed E-state index contributed by atoms with van der Waals surface area (Å²) in [6.07, 6.45) is 2.47. The minimum absolute atomic E-state index is 0.131. The van der Waals surface area contributed by atoms with E-state index in [0.29, 0.717) is 0 Å². The van der Waals surface area contributed by atoms with E-state index in [1.807, 2.05) is 0 Å². The van der Waals surface area contributed by atoms with Crippen LogP contribution < -0.4 is 10.1 Å². The number of hydrogen-bond acceptors (Lipinski definition) is 3. The van der Waals surface area contributed by atoms with Crippen LogP contribution in [0.15, 0.2) is 23.6 Å². The van der Waals surface area contributed by atoms with E-state index in [-0.39, 0.29) is 5.54 Å². The third kappa shape index (κ3) is 1.65. The third-order valence-corrected chi connectivity index (χ3v) is 4.69. The first-order valence-electron chi connectivity index (χ1n) is 6.04. The van der Waals surface area contributed by atoms with Gasteiger partial charge in [0.15, 0.2) is 0 Å². The van der Waals surface area contributed by atoms with Crippen molar-refractivity contribution >= 4 is 21.4 Å². The standard InChI is InChI=1S/C14H17NOS/c1-14(7-3-8-15-14)11-4-5-12(16-2)13-10(11)6-9-17-13/h4-6,9,15H,3,7-8H2,1-2H3.